The van der Waals surface area contributed by atoms with Gasteiger partial charge in [0.1, 0.15) is 10.7 Å². The average Bonchev–Trinajstić information content (AvgIpc) is 2.39. The number of aliphatic hydroxyl groups is 1. The van der Waals surface area contributed by atoms with Gasteiger partial charge in [0, 0.05) is 45.8 Å². The van der Waals surface area contributed by atoms with Crippen molar-refractivity contribution >= 4 is 15.8 Å². The van der Waals surface area contributed by atoms with Crippen molar-refractivity contribution in [2.75, 3.05) is 32.5 Å². The Kier molecular flexibility index (Phi) is 4.28. The highest BCUT2D eigenvalue weighted by Gasteiger charge is 2.35. The summed E-state index contributed by atoms with van der Waals surface area (Å²) in [5.41, 5.74) is 4.40. The van der Waals surface area contributed by atoms with Crippen molar-refractivity contribution in [2.45, 2.75) is 23.3 Å². The highest BCUT2D eigenvalue weighted by Crippen LogP contribution is 2.24. The quantitative estimate of drug-likeness (QED) is 0.799. The maximum atomic E-state index is 12.4. The second kappa shape index (κ2) is 5.65. The molecule has 0 atom stereocenters. The van der Waals surface area contributed by atoms with Gasteiger partial charge in [0.05, 0.1) is 5.60 Å². The van der Waals surface area contributed by atoms with E-state index in [0.717, 1.165) is 4.31 Å². The van der Waals surface area contributed by atoms with Gasteiger partial charge in [0.25, 0.3) is 0 Å². The summed E-state index contributed by atoms with van der Waals surface area (Å²) >= 11 is 0. The molecule has 0 unspecified atom stereocenters. The SMILES string of the molecule is CN(CC1(O)CCOCC1)S(=O)(=O)c1ccc(N)nc1. The first-order chi connectivity index (χ1) is 9.33. The number of ether oxygens (including phenoxy) is 1. The van der Waals surface area contributed by atoms with Crippen molar-refractivity contribution in [3.63, 3.8) is 0 Å². The molecule has 0 aromatic carbocycles. The van der Waals surface area contributed by atoms with Crippen LogP contribution in [0.15, 0.2) is 23.2 Å². The Balaban J connectivity index is 2.14. The summed E-state index contributed by atoms with van der Waals surface area (Å²) in [4.78, 5) is 3.84. The van der Waals surface area contributed by atoms with E-state index in [4.69, 9.17) is 10.5 Å². The van der Waals surface area contributed by atoms with Gasteiger partial charge >= 0.3 is 0 Å². The molecule has 1 aromatic heterocycles. The zero-order chi connectivity index (χ0) is 14.8. The fourth-order valence-electron chi connectivity index (χ4n) is 2.13. The van der Waals surface area contributed by atoms with Crippen molar-refractivity contribution in [1.29, 1.82) is 0 Å². The number of rotatable bonds is 4. The summed E-state index contributed by atoms with van der Waals surface area (Å²) in [6.45, 7) is 0.907. The molecule has 1 aliphatic heterocycles. The predicted molar refractivity (Wildman–Crippen MR) is 73.5 cm³/mol. The fourth-order valence-corrected chi connectivity index (χ4v) is 3.33. The lowest BCUT2D eigenvalue weighted by molar-refractivity contribution is -0.0689. The summed E-state index contributed by atoms with van der Waals surface area (Å²) in [5, 5.41) is 10.4. The van der Waals surface area contributed by atoms with Crippen LogP contribution in [0.3, 0.4) is 0 Å². The third-order valence-corrected chi connectivity index (χ3v) is 5.19. The summed E-state index contributed by atoms with van der Waals surface area (Å²) in [7, 11) is -2.24. The van der Waals surface area contributed by atoms with E-state index in [1.165, 1.54) is 25.4 Å². The first kappa shape index (κ1) is 15.2. The number of nitrogen functional groups attached to an aromatic ring is 1. The number of hydrogen-bond acceptors (Lipinski definition) is 6. The minimum Gasteiger partial charge on any atom is -0.388 e. The van der Waals surface area contributed by atoms with E-state index in [-0.39, 0.29) is 17.3 Å². The first-order valence-electron chi connectivity index (χ1n) is 6.31. The molecule has 2 rings (SSSR count). The van der Waals surface area contributed by atoms with Gasteiger partial charge in [-0.15, -0.1) is 0 Å². The Morgan fingerprint density at radius 3 is 2.65 bits per heavy atom. The normalized spacial score (nSPS) is 19.1. The zero-order valence-electron chi connectivity index (χ0n) is 11.3. The topological polar surface area (TPSA) is 106 Å². The van der Waals surface area contributed by atoms with Gasteiger partial charge in [0.15, 0.2) is 0 Å². The number of nitrogens with two attached hydrogens (primary N) is 1. The van der Waals surface area contributed by atoms with Gasteiger partial charge in [0.2, 0.25) is 10.0 Å². The van der Waals surface area contributed by atoms with Gasteiger partial charge in [-0.2, -0.15) is 4.31 Å². The van der Waals surface area contributed by atoms with E-state index < -0.39 is 15.6 Å². The summed E-state index contributed by atoms with van der Waals surface area (Å²) < 4.78 is 31.0. The van der Waals surface area contributed by atoms with Crippen LogP contribution in [0.2, 0.25) is 0 Å². The third-order valence-electron chi connectivity index (χ3n) is 3.41. The number of hydrogen-bond donors (Lipinski definition) is 2. The lowest BCUT2D eigenvalue weighted by atomic mass is 9.95. The van der Waals surface area contributed by atoms with E-state index >= 15 is 0 Å². The average molecular weight is 301 g/mol. The van der Waals surface area contributed by atoms with Crippen LogP contribution in [-0.2, 0) is 14.8 Å². The van der Waals surface area contributed by atoms with E-state index in [1.54, 1.807) is 0 Å². The van der Waals surface area contributed by atoms with Gasteiger partial charge in [-0.1, -0.05) is 0 Å². The molecular weight excluding hydrogens is 282 g/mol. The van der Waals surface area contributed by atoms with Gasteiger partial charge in [-0.05, 0) is 12.1 Å². The smallest absolute Gasteiger partial charge is 0.244 e. The van der Waals surface area contributed by atoms with Crippen LogP contribution in [-0.4, -0.2) is 55.2 Å². The minimum atomic E-state index is -3.68. The predicted octanol–water partition coefficient (Wildman–Crippen LogP) is -0.174. The third kappa shape index (κ3) is 3.26. The molecule has 8 heteroatoms. The molecule has 1 fully saturated rings. The van der Waals surface area contributed by atoms with Crippen molar-refractivity contribution in [3.8, 4) is 0 Å². The molecule has 0 aliphatic carbocycles. The molecule has 0 bridgehead atoms. The monoisotopic (exact) mass is 301 g/mol. The summed E-state index contributed by atoms with van der Waals surface area (Å²) in [6.07, 6.45) is 2.06. The Labute approximate surface area is 118 Å². The van der Waals surface area contributed by atoms with E-state index in [1.807, 2.05) is 0 Å². The number of pyridine rings is 1. The lowest BCUT2D eigenvalue weighted by Gasteiger charge is -2.34. The Bertz CT molecular complexity index is 553. The maximum absolute atomic E-state index is 12.4. The number of sulfonamides is 1. The highest BCUT2D eigenvalue weighted by molar-refractivity contribution is 7.89. The van der Waals surface area contributed by atoms with Crippen LogP contribution in [0.4, 0.5) is 5.82 Å². The second-order valence-corrected chi connectivity index (χ2v) is 7.06. The molecule has 0 radical (unpaired) electrons. The molecule has 3 N–H and O–H groups in total. The fraction of sp³-hybridized carbons (Fsp3) is 0.583. The molecule has 20 heavy (non-hydrogen) atoms. The first-order valence-corrected chi connectivity index (χ1v) is 7.75. The van der Waals surface area contributed by atoms with E-state index in [0.29, 0.717) is 26.1 Å². The van der Waals surface area contributed by atoms with Crippen LogP contribution in [0, 0.1) is 0 Å². The lowest BCUT2D eigenvalue weighted by Crippen LogP contribution is -2.47. The van der Waals surface area contributed by atoms with Crippen LogP contribution in [0.1, 0.15) is 12.8 Å². The molecule has 1 aliphatic rings. The van der Waals surface area contributed by atoms with Crippen LogP contribution in [0.25, 0.3) is 0 Å². The summed E-state index contributed by atoms with van der Waals surface area (Å²) in [6, 6.07) is 2.84. The Hall–Kier alpha value is -1.22. The second-order valence-electron chi connectivity index (χ2n) is 5.02. The maximum Gasteiger partial charge on any atom is 0.244 e. The molecule has 112 valence electrons. The molecule has 0 saturated carbocycles. The van der Waals surface area contributed by atoms with Gasteiger partial charge < -0.3 is 15.6 Å². The molecule has 1 aromatic rings. The Morgan fingerprint density at radius 2 is 2.10 bits per heavy atom. The number of aromatic nitrogens is 1. The Morgan fingerprint density at radius 1 is 1.45 bits per heavy atom. The molecule has 2 heterocycles. The largest absolute Gasteiger partial charge is 0.388 e. The molecule has 0 amide bonds. The zero-order valence-corrected chi connectivity index (χ0v) is 12.1. The van der Waals surface area contributed by atoms with Crippen LogP contribution >= 0.6 is 0 Å². The van der Waals surface area contributed by atoms with E-state index in [9.17, 15) is 13.5 Å². The number of anilines is 1. The standard InChI is InChI=1S/C12H19N3O4S/c1-15(9-12(16)4-6-19-7-5-12)20(17,18)10-2-3-11(13)14-8-10/h2-3,8,16H,4-7,9H2,1H3,(H2,13,14). The minimum absolute atomic E-state index is 0.0308. The van der Waals surface area contributed by atoms with Crippen molar-refractivity contribution in [1.82, 2.24) is 9.29 Å². The number of nitrogens with zero attached hydrogens (tertiary/aromatic N) is 2. The number of likely N-dealkylation sites (N-methyl/N-ethyl adjacent to an activating group) is 1. The van der Waals surface area contributed by atoms with Crippen molar-refractivity contribution in [3.05, 3.63) is 18.3 Å². The molecule has 1 saturated heterocycles. The molecule has 7 nitrogen and oxygen atoms in total. The van der Waals surface area contributed by atoms with E-state index in [2.05, 4.69) is 4.98 Å². The van der Waals surface area contributed by atoms with Crippen molar-refractivity contribution < 1.29 is 18.3 Å². The van der Waals surface area contributed by atoms with Crippen molar-refractivity contribution in [2.24, 2.45) is 0 Å². The molecule has 0 spiro atoms. The summed E-state index contributed by atoms with van der Waals surface area (Å²) in [5.74, 6) is 0.259. The van der Waals surface area contributed by atoms with Crippen LogP contribution in [0.5, 0.6) is 0 Å². The van der Waals surface area contributed by atoms with Gasteiger partial charge in [-0.25, -0.2) is 13.4 Å². The van der Waals surface area contributed by atoms with Gasteiger partial charge in [-0.3, -0.25) is 0 Å². The highest BCUT2D eigenvalue weighted by atomic mass is 32.2. The van der Waals surface area contributed by atoms with Crippen LogP contribution < -0.4 is 5.73 Å². The molecular formula is C12H19N3O4S.